The molecule has 0 heterocycles. The van der Waals surface area contributed by atoms with Crippen LogP contribution in [0.1, 0.15) is 0 Å². The molecule has 0 saturated heterocycles. The first kappa shape index (κ1) is 19.2. The van der Waals surface area contributed by atoms with E-state index in [-0.39, 0.29) is 10.9 Å². The van der Waals surface area contributed by atoms with Gasteiger partial charge in [0.2, 0.25) is 0 Å². The summed E-state index contributed by atoms with van der Waals surface area (Å²) in [6.07, 6.45) is 0. The van der Waals surface area contributed by atoms with Gasteiger partial charge in [0, 0.05) is 0 Å². The number of methoxy groups -OCH3 is 2. The van der Waals surface area contributed by atoms with Crippen LogP contribution < -0.4 is 9.47 Å². The normalized spacial score (nSPS) is 10.7. The minimum Gasteiger partial charge on any atom is -0.497 e. The molecule has 4 aromatic carbocycles. The quantitative estimate of drug-likeness (QED) is 0.346. The molecule has 0 aliphatic rings. The van der Waals surface area contributed by atoms with Crippen LogP contribution in [0, 0.1) is 0 Å². The Balaban J connectivity index is 1.74. The largest absolute Gasteiger partial charge is 0.497 e. The summed E-state index contributed by atoms with van der Waals surface area (Å²) in [6, 6.07) is 36.1. The molecule has 0 radical (unpaired) electrons. The molecule has 3 heteroatoms. The van der Waals surface area contributed by atoms with Gasteiger partial charge in [-0.15, -0.1) is 0 Å². The van der Waals surface area contributed by atoms with Crippen molar-refractivity contribution in [3.05, 3.63) is 103 Å². The van der Waals surface area contributed by atoms with Gasteiger partial charge in [-0.05, 0) is 83.9 Å². The topological polar surface area (TPSA) is 18.5 Å². The summed E-state index contributed by atoms with van der Waals surface area (Å²) in [4.78, 5) is 3.78. The zero-order valence-electron chi connectivity index (χ0n) is 16.5. The van der Waals surface area contributed by atoms with Crippen molar-refractivity contribution in [3.63, 3.8) is 0 Å². The lowest BCUT2D eigenvalue weighted by Gasteiger charge is -2.10. The van der Waals surface area contributed by atoms with Crippen molar-refractivity contribution in [2.75, 3.05) is 14.2 Å². The van der Waals surface area contributed by atoms with Crippen LogP contribution in [0.15, 0.2) is 118 Å². The van der Waals surface area contributed by atoms with Gasteiger partial charge in [-0.3, -0.25) is 0 Å². The summed E-state index contributed by atoms with van der Waals surface area (Å²) in [5.74, 6) is 1.73. The number of hydrogen-bond acceptors (Lipinski definition) is 2. The fraction of sp³-hybridized carbons (Fsp3) is 0.0769. The minimum absolute atomic E-state index is 0.211. The molecule has 0 aromatic heterocycles. The summed E-state index contributed by atoms with van der Waals surface area (Å²) in [6.45, 7) is 0. The second kappa shape index (κ2) is 8.89. The molecule has 2 nitrogen and oxygen atoms in total. The zero-order valence-corrected chi connectivity index (χ0v) is 17.4. The van der Waals surface area contributed by atoms with Gasteiger partial charge in [0.15, 0.2) is 14.7 Å². The molecule has 0 spiro atoms. The third-order valence-corrected chi connectivity index (χ3v) is 7.02. The summed E-state index contributed by atoms with van der Waals surface area (Å²) in [5.41, 5.74) is 2.45. The second-order valence-electron chi connectivity index (χ2n) is 6.55. The molecule has 0 aliphatic carbocycles. The molecule has 4 aromatic rings. The van der Waals surface area contributed by atoms with Crippen LogP contribution in [-0.4, -0.2) is 14.2 Å². The van der Waals surface area contributed by atoms with E-state index in [0.29, 0.717) is 0 Å². The first-order valence-corrected chi connectivity index (χ1v) is 10.7. The van der Waals surface area contributed by atoms with Gasteiger partial charge in [-0.25, -0.2) is 0 Å². The molecule has 0 bridgehead atoms. The van der Waals surface area contributed by atoms with Crippen molar-refractivity contribution < 1.29 is 9.47 Å². The van der Waals surface area contributed by atoms with Crippen molar-refractivity contribution in [3.8, 4) is 22.6 Å². The molecule has 0 unspecified atom stereocenters. The number of rotatable bonds is 6. The predicted molar refractivity (Wildman–Crippen MR) is 120 cm³/mol. The molecule has 144 valence electrons. The molecule has 0 aliphatic heterocycles. The fourth-order valence-electron chi connectivity index (χ4n) is 3.25. The van der Waals surface area contributed by atoms with E-state index in [1.165, 1.54) is 25.8 Å². The maximum atomic E-state index is 5.34. The van der Waals surface area contributed by atoms with Crippen LogP contribution in [0.25, 0.3) is 11.1 Å². The predicted octanol–water partition coefficient (Wildman–Crippen LogP) is 6.47. The Morgan fingerprint density at radius 3 is 1.24 bits per heavy atom. The van der Waals surface area contributed by atoms with Gasteiger partial charge in [0.05, 0.1) is 25.1 Å². The Hall–Kier alpha value is -3.17. The molecular weight excluding hydrogens is 376 g/mol. The highest BCUT2D eigenvalue weighted by atomic mass is 32.2. The van der Waals surface area contributed by atoms with Gasteiger partial charge in [-0.2, -0.15) is 0 Å². The first-order chi connectivity index (χ1) is 14.3. The van der Waals surface area contributed by atoms with Crippen molar-refractivity contribution in [2.24, 2.45) is 0 Å². The van der Waals surface area contributed by atoms with E-state index >= 15 is 0 Å². The van der Waals surface area contributed by atoms with Crippen molar-refractivity contribution in [1.82, 2.24) is 0 Å². The number of hydrogen-bond donors (Lipinski definition) is 0. The van der Waals surface area contributed by atoms with Crippen molar-refractivity contribution in [2.45, 2.75) is 14.7 Å². The molecule has 0 atom stereocenters. The Labute approximate surface area is 175 Å². The maximum absolute atomic E-state index is 5.34. The van der Waals surface area contributed by atoms with Crippen LogP contribution >= 0.6 is 0 Å². The van der Waals surface area contributed by atoms with E-state index in [1.807, 2.05) is 30.3 Å². The average Bonchev–Trinajstić information content (AvgIpc) is 2.81. The number of ether oxygens (including phenoxy) is 2. The van der Waals surface area contributed by atoms with E-state index < -0.39 is 0 Å². The summed E-state index contributed by atoms with van der Waals surface area (Å²) < 4.78 is 10.7. The van der Waals surface area contributed by atoms with Crippen LogP contribution in [-0.2, 0) is 10.9 Å². The molecule has 0 fully saturated rings. The smallest absolute Gasteiger partial charge is 0.166 e. The van der Waals surface area contributed by atoms with Gasteiger partial charge < -0.3 is 9.47 Å². The van der Waals surface area contributed by atoms with Crippen molar-refractivity contribution >= 4 is 10.9 Å². The molecule has 0 amide bonds. The highest BCUT2D eigenvalue weighted by molar-refractivity contribution is 7.97. The second-order valence-corrected chi connectivity index (χ2v) is 8.57. The number of benzene rings is 4. The molecule has 29 heavy (non-hydrogen) atoms. The Morgan fingerprint density at radius 2 is 0.828 bits per heavy atom. The van der Waals surface area contributed by atoms with Gasteiger partial charge >= 0.3 is 0 Å². The molecular formula is C26H23O2S+. The third kappa shape index (κ3) is 4.30. The van der Waals surface area contributed by atoms with Crippen LogP contribution in [0.4, 0.5) is 0 Å². The minimum atomic E-state index is -0.211. The van der Waals surface area contributed by atoms with Crippen LogP contribution in [0.3, 0.4) is 0 Å². The standard InChI is InChI=1S/C26H23O2S/c1-27-22-10-16-25(17-11-22)29(26-18-12-23(28-2)13-19-26)24-14-8-21(9-15-24)20-6-4-3-5-7-20/h3-19H,1-2H3/q+1. The Bertz CT molecular complexity index is 993. The highest BCUT2D eigenvalue weighted by Gasteiger charge is 2.28. The van der Waals surface area contributed by atoms with E-state index in [4.69, 9.17) is 9.47 Å². The molecule has 4 rings (SSSR count). The van der Waals surface area contributed by atoms with Gasteiger partial charge in [0.25, 0.3) is 0 Å². The highest BCUT2D eigenvalue weighted by Crippen LogP contribution is 2.34. The van der Waals surface area contributed by atoms with Gasteiger partial charge in [0.1, 0.15) is 11.5 Å². The lowest BCUT2D eigenvalue weighted by molar-refractivity contribution is 0.414. The monoisotopic (exact) mass is 399 g/mol. The van der Waals surface area contributed by atoms with E-state index in [0.717, 1.165) is 11.5 Å². The van der Waals surface area contributed by atoms with E-state index in [1.54, 1.807) is 14.2 Å². The average molecular weight is 400 g/mol. The Kier molecular flexibility index (Phi) is 5.87. The first-order valence-electron chi connectivity index (χ1n) is 9.46. The SMILES string of the molecule is COc1ccc([S+](c2ccc(OC)cc2)c2ccc(-c3ccccc3)cc2)cc1. The summed E-state index contributed by atoms with van der Waals surface area (Å²) in [7, 11) is 3.18. The lowest BCUT2D eigenvalue weighted by Crippen LogP contribution is -2.05. The van der Waals surface area contributed by atoms with Gasteiger partial charge in [-0.1, -0.05) is 30.3 Å². The van der Waals surface area contributed by atoms with Crippen molar-refractivity contribution in [1.29, 1.82) is 0 Å². The summed E-state index contributed by atoms with van der Waals surface area (Å²) >= 11 is 0. The molecule has 0 saturated carbocycles. The van der Waals surface area contributed by atoms with Crippen LogP contribution in [0.2, 0.25) is 0 Å². The van der Waals surface area contributed by atoms with Crippen LogP contribution in [0.5, 0.6) is 11.5 Å². The maximum Gasteiger partial charge on any atom is 0.166 e. The summed E-state index contributed by atoms with van der Waals surface area (Å²) in [5, 5.41) is 0. The van der Waals surface area contributed by atoms with E-state index in [2.05, 4.69) is 72.8 Å². The van der Waals surface area contributed by atoms with E-state index in [9.17, 15) is 0 Å². The Morgan fingerprint density at radius 1 is 0.448 bits per heavy atom. The lowest BCUT2D eigenvalue weighted by atomic mass is 10.1. The molecule has 0 N–H and O–H groups in total. The fourth-order valence-corrected chi connectivity index (χ4v) is 5.29. The zero-order chi connectivity index (χ0) is 20.1. The third-order valence-electron chi connectivity index (χ3n) is 4.79.